The maximum Gasteiger partial charge on any atom is 0.262 e. The van der Waals surface area contributed by atoms with Gasteiger partial charge in [0.05, 0.1) is 12.2 Å². The van der Waals surface area contributed by atoms with Crippen molar-refractivity contribution in [2.24, 2.45) is 0 Å². The van der Waals surface area contributed by atoms with E-state index >= 15 is 0 Å². The van der Waals surface area contributed by atoms with Crippen LogP contribution in [0.15, 0.2) is 48.5 Å². The highest BCUT2D eigenvalue weighted by Gasteiger charge is 2.30. The lowest BCUT2D eigenvalue weighted by molar-refractivity contribution is -0.127. The Bertz CT molecular complexity index is 690. The van der Waals surface area contributed by atoms with Crippen LogP contribution >= 0.6 is 0 Å². The molecule has 114 valence electrons. The van der Waals surface area contributed by atoms with Gasteiger partial charge in [-0.3, -0.25) is 4.79 Å². The first-order chi connectivity index (χ1) is 10.7. The molecule has 0 bridgehead atoms. The van der Waals surface area contributed by atoms with Gasteiger partial charge in [-0.25, -0.2) is 4.39 Å². The summed E-state index contributed by atoms with van der Waals surface area (Å²) in [6, 6.07) is 14.2. The molecule has 3 rings (SSSR count). The normalized spacial score (nSPS) is 16.6. The summed E-state index contributed by atoms with van der Waals surface area (Å²) < 4.78 is 19.6. The third-order valence-electron chi connectivity index (χ3n) is 3.72. The molecule has 22 heavy (non-hydrogen) atoms. The Morgan fingerprint density at radius 1 is 1.27 bits per heavy atom. The van der Waals surface area contributed by atoms with Gasteiger partial charge < -0.3 is 15.0 Å². The molecule has 2 aromatic rings. The standard InChI is InChI=1S/C17H17FN2O2/c1-19-17(21)16-11-20(10-12-6-2-3-7-13(12)18)14-8-4-5-9-15(14)22-16/h2-9,16H,10-11H2,1H3,(H,19,21)/t16-/m0/s1. The molecule has 2 aromatic carbocycles. The van der Waals surface area contributed by atoms with Gasteiger partial charge >= 0.3 is 0 Å². The van der Waals surface area contributed by atoms with Gasteiger partial charge in [-0.05, 0) is 18.2 Å². The van der Waals surface area contributed by atoms with E-state index < -0.39 is 6.10 Å². The Hall–Kier alpha value is -2.56. The summed E-state index contributed by atoms with van der Waals surface area (Å²) in [6.07, 6.45) is -0.605. The molecular formula is C17H17FN2O2. The number of para-hydroxylation sites is 2. The molecule has 4 nitrogen and oxygen atoms in total. The van der Waals surface area contributed by atoms with Crippen LogP contribution in [0.2, 0.25) is 0 Å². The van der Waals surface area contributed by atoms with Crippen molar-refractivity contribution in [2.75, 3.05) is 18.5 Å². The first-order valence-corrected chi connectivity index (χ1v) is 7.14. The molecule has 0 fully saturated rings. The van der Waals surface area contributed by atoms with Gasteiger partial charge in [-0.15, -0.1) is 0 Å². The topological polar surface area (TPSA) is 41.6 Å². The third-order valence-corrected chi connectivity index (χ3v) is 3.72. The van der Waals surface area contributed by atoms with Gasteiger partial charge in [0.1, 0.15) is 11.6 Å². The monoisotopic (exact) mass is 300 g/mol. The van der Waals surface area contributed by atoms with Crippen LogP contribution in [0, 0.1) is 5.82 Å². The fourth-order valence-corrected chi connectivity index (χ4v) is 2.59. The lowest BCUT2D eigenvalue weighted by Gasteiger charge is -2.35. The van der Waals surface area contributed by atoms with Crippen LogP contribution in [0.5, 0.6) is 5.75 Å². The number of halogens is 1. The molecule has 0 saturated heterocycles. The van der Waals surface area contributed by atoms with E-state index in [2.05, 4.69) is 5.32 Å². The highest BCUT2D eigenvalue weighted by atomic mass is 19.1. The number of nitrogens with one attached hydrogen (secondary N) is 1. The van der Waals surface area contributed by atoms with E-state index in [1.807, 2.05) is 29.2 Å². The maximum absolute atomic E-state index is 13.9. The molecule has 0 aromatic heterocycles. The third kappa shape index (κ3) is 2.74. The summed E-state index contributed by atoms with van der Waals surface area (Å²) in [4.78, 5) is 13.9. The average molecular weight is 300 g/mol. The Morgan fingerprint density at radius 2 is 2.00 bits per heavy atom. The van der Waals surface area contributed by atoms with Crippen molar-refractivity contribution < 1.29 is 13.9 Å². The molecule has 1 aliphatic rings. The number of fused-ring (bicyclic) bond motifs is 1. The summed E-state index contributed by atoms with van der Waals surface area (Å²) >= 11 is 0. The second-order valence-electron chi connectivity index (χ2n) is 5.16. The first kappa shape index (κ1) is 14.4. The SMILES string of the molecule is CNC(=O)[C@@H]1CN(Cc2ccccc2F)c2ccccc2O1. The van der Waals surface area contributed by atoms with Crippen LogP contribution in [0.4, 0.5) is 10.1 Å². The average Bonchev–Trinajstić information content (AvgIpc) is 2.56. The van der Waals surface area contributed by atoms with Crippen molar-refractivity contribution >= 4 is 11.6 Å². The molecule has 1 atom stereocenters. The van der Waals surface area contributed by atoms with Gasteiger partial charge in [-0.1, -0.05) is 30.3 Å². The van der Waals surface area contributed by atoms with Crippen LogP contribution in [-0.2, 0) is 11.3 Å². The highest BCUT2D eigenvalue weighted by Crippen LogP contribution is 2.34. The number of anilines is 1. The van der Waals surface area contributed by atoms with E-state index in [4.69, 9.17) is 4.74 Å². The predicted molar refractivity (Wildman–Crippen MR) is 82.4 cm³/mol. The Morgan fingerprint density at radius 3 is 2.77 bits per heavy atom. The zero-order valence-electron chi connectivity index (χ0n) is 12.3. The molecule has 0 radical (unpaired) electrons. The van der Waals surface area contributed by atoms with Gasteiger partial charge in [0.15, 0.2) is 6.10 Å². The Balaban J connectivity index is 1.92. The lowest BCUT2D eigenvalue weighted by Crippen LogP contribution is -2.48. The van der Waals surface area contributed by atoms with E-state index in [1.54, 1.807) is 25.2 Å². The fraction of sp³-hybridized carbons (Fsp3) is 0.235. The minimum atomic E-state index is -0.605. The second kappa shape index (κ2) is 6.05. The van der Waals surface area contributed by atoms with Crippen molar-refractivity contribution in [1.29, 1.82) is 0 Å². The quantitative estimate of drug-likeness (QED) is 0.946. The molecule has 0 unspecified atom stereocenters. The van der Waals surface area contributed by atoms with Crippen molar-refractivity contribution in [3.63, 3.8) is 0 Å². The van der Waals surface area contributed by atoms with Gasteiger partial charge in [0.2, 0.25) is 0 Å². The molecule has 0 spiro atoms. The Kier molecular flexibility index (Phi) is 3.96. The number of benzene rings is 2. The van der Waals surface area contributed by atoms with Crippen molar-refractivity contribution in [1.82, 2.24) is 5.32 Å². The van der Waals surface area contributed by atoms with E-state index in [1.165, 1.54) is 6.07 Å². The number of ether oxygens (including phenoxy) is 1. The van der Waals surface area contributed by atoms with E-state index in [9.17, 15) is 9.18 Å². The summed E-state index contributed by atoms with van der Waals surface area (Å²) in [5, 5.41) is 2.60. The zero-order valence-corrected chi connectivity index (χ0v) is 12.3. The van der Waals surface area contributed by atoms with Crippen LogP contribution in [0.25, 0.3) is 0 Å². The minimum absolute atomic E-state index is 0.187. The lowest BCUT2D eigenvalue weighted by atomic mass is 10.1. The summed E-state index contributed by atoms with van der Waals surface area (Å²) in [7, 11) is 1.58. The minimum Gasteiger partial charge on any atom is -0.477 e. The van der Waals surface area contributed by atoms with Crippen LogP contribution in [0.3, 0.4) is 0 Å². The number of carbonyl (C=O) groups is 1. The number of carbonyl (C=O) groups excluding carboxylic acids is 1. The van der Waals surface area contributed by atoms with E-state index in [-0.39, 0.29) is 11.7 Å². The smallest absolute Gasteiger partial charge is 0.262 e. The highest BCUT2D eigenvalue weighted by molar-refractivity contribution is 5.83. The molecule has 1 N–H and O–H groups in total. The summed E-state index contributed by atoms with van der Waals surface area (Å²) in [5.41, 5.74) is 1.46. The fourth-order valence-electron chi connectivity index (χ4n) is 2.59. The largest absolute Gasteiger partial charge is 0.477 e. The Labute approximate surface area is 128 Å². The molecule has 0 aliphatic carbocycles. The van der Waals surface area contributed by atoms with Gasteiger partial charge in [0.25, 0.3) is 5.91 Å². The van der Waals surface area contributed by atoms with Crippen LogP contribution in [-0.4, -0.2) is 25.6 Å². The molecule has 1 amide bonds. The summed E-state index contributed by atoms with van der Waals surface area (Å²) in [6.45, 7) is 0.769. The van der Waals surface area contributed by atoms with E-state index in [0.29, 0.717) is 24.4 Å². The molecule has 1 aliphatic heterocycles. The number of nitrogens with zero attached hydrogens (tertiary/aromatic N) is 1. The van der Waals surface area contributed by atoms with Gasteiger partial charge in [-0.2, -0.15) is 0 Å². The molecular weight excluding hydrogens is 283 g/mol. The molecule has 0 saturated carbocycles. The van der Waals surface area contributed by atoms with Crippen LogP contribution < -0.4 is 15.0 Å². The number of rotatable bonds is 3. The first-order valence-electron chi connectivity index (χ1n) is 7.14. The van der Waals surface area contributed by atoms with Crippen LogP contribution in [0.1, 0.15) is 5.56 Å². The number of amides is 1. The summed E-state index contributed by atoms with van der Waals surface area (Å²) in [5.74, 6) is 0.203. The maximum atomic E-state index is 13.9. The second-order valence-corrected chi connectivity index (χ2v) is 5.16. The van der Waals surface area contributed by atoms with Gasteiger partial charge in [0, 0.05) is 19.2 Å². The zero-order chi connectivity index (χ0) is 15.5. The molecule has 5 heteroatoms. The van der Waals surface area contributed by atoms with Crippen molar-refractivity contribution in [3.8, 4) is 5.75 Å². The predicted octanol–water partition coefficient (Wildman–Crippen LogP) is 2.34. The number of hydrogen-bond donors (Lipinski definition) is 1. The van der Waals surface area contributed by atoms with Crippen molar-refractivity contribution in [3.05, 3.63) is 59.9 Å². The molecule has 1 heterocycles. The number of likely N-dealkylation sites (N-methyl/N-ethyl adjacent to an activating group) is 1. The number of hydrogen-bond acceptors (Lipinski definition) is 3. The van der Waals surface area contributed by atoms with Crippen molar-refractivity contribution in [2.45, 2.75) is 12.6 Å². The van der Waals surface area contributed by atoms with E-state index in [0.717, 1.165) is 5.69 Å².